The minimum atomic E-state index is -0.790. The van der Waals surface area contributed by atoms with Gasteiger partial charge in [0, 0.05) is 17.1 Å². The van der Waals surface area contributed by atoms with E-state index in [4.69, 9.17) is 10.5 Å². The lowest BCUT2D eigenvalue weighted by Crippen LogP contribution is -2.28. The van der Waals surface area contributed by atoms with Gasteiger partial charge in [0.05, 0.1) is 6.42 Å². The third kappa shape index (κ3) is 2.95. The van der Waals surface area contributed by atoms with Crippen LogP contribution in [0.4, 0.5) is 0 Å². The molecule has 1 aromatic heterocycles. The molecule has 16 heavy (non-hydrogen) atoms. The molecule has 0 radical (unpaired) electrons. The molecular formula is C11H18N2O2S. The Bertz CT molecular complexity index is 457. The number of carboxylic acids is 1. The molecule has 0 unspecified atom stereocenters. The normalized spacial score (nSPS) is 11.8. The van der Waals surface area contributed by atoms with Gasteiger partial charge in [0.25, 0.3) is 0 Å². The predicted octanol–water partition coefficient (Wildman–Crippen LogP) is 2.15. The standard InChI is InChI=1S/C11H18N2O2S/c1-7-8(2)16-10(12)13(7)6-11(3,4)5-9(14)15/h12H,5-6H2,1-4H3,(H,14,15). The Hall–Kier alpha value is -1.10. The quantitative estimate of drug-likeness (QED) is 0.849. The lowest BCUT2D eigenvalue weighted by molar-refractivity contribution is -0.139. The van der Waals surface area contributed by atoms with E-state index in [9.17, 15) is 4.79 Å². The minimum absolute atomic E-state index is 0.119. The van der Waals surface area contributed by atoms with Gasteiger partial charge in [0.1, 0.15) is 0 Å². The Kier molecular flexibility index (Phi) is 3.57. The second kappa shape index (κ2) is 4.41. The number of thiazole rings is 1. The summed E-state index contributed by atoms with van der Waals surface area (Å²) in [6, 6.07) is 0. The summed E-state index contributed by atoms with van der Waals surface area (Å²) in [5, 5.41) is 16.6. The average molecular weight is 242 g/mol. The van der Waals surface area contributed by atoms with Crippen LogP contribution in [0.5, 0.6) is 0 Å². The van der Waals surface area contributed by atoms with Crippen molar-refractivity contribution in [2.24, 2.45) is 5.41 Å². The third-order valence-electron chi connectivity index (χ3n) is 2.63. The first-order valence-corrected chi connectivity index (χ1v) is 5.98. The smallest absolute Gasteiger partial charge is 0.303 e. The van der Waals surface area contributed by atoms with E-state index in [2.05, 4.69) is 0 Å². The Morgan fingerprint density at radius 1 is 1.50 bits per heavy atom. The SMILES string of the molecule is Cc1sc(=N)n(CC(C)(C)CC(=O)O)c1C. The Morgan fingerprint density at radius 3 is 2.44 bits per heavy atom. The molecule has 0 aliphatic heterocycles. The van der Waals surface area contributed by atoms with E-state index in [-0.39, 0.29) is 11.8 Å². The summed E-state index contributed by atoms with van der Waals surface area (Å²) in [6.45, 7) is 8.37. The number of hydrogen-bond acceptors (Lipinski definition) is 3. The van der Waals surface area contributed by atoms with E-state index in [1.165, 1.54) is 11.3 Å². The van der Waals surface area contributed by atoms with Crippen molar-refractivity contribution in [3.05, 3.63) is 15.4 Å². The number of nitrogens with zero attached hydrogens (tertiary/aromatic N) is 1. The van der Waals surface area contributed by atoms with Gasteiger partial charge in [-0.1, -0.05) is 13.8 Å². The summed E-state index contributed by atoms with van der Waals surface area (Å²) < 4.78 is 1.89. The highest BCUT2D eigenvalue weighted by molar-refractivity contribution is 7.09. The van der Waals surface area contributed by atoms with Crippen molar-refractivity contribution < 1.29 is 9.90 Å². The van der Waals surface area contributed by atoms with Crippen LogP contribution in [0.1, 0.15) is 30.8 Å². The van der Waals surface area contributed by atoms with Gasteiger partial charge >= 0.3 is 5.97 Å². The van der Waals surface area contributed by atoms with Crippen LogP contribution >= 0.6 is 11.3 Å². The molecule has 0 atom stereocenters. The number of aryl methyl sites for hydroxylation is 1. The van der Waals surface area contributed by atoms with E-state index in [0.29, 0.717) is 11.3 Å². The first kappa shape index (κ1) is 13.0. The van der Waals surface area contributed by atoms with Gasteiger partial charge in [-0.05, 0) is 19.3 Å². The van der Waals surface area contributed by atoms with Crippen molar-refractivity contribution in [1.82, 2.24) is 4.57 Å². The lowest BCUT2D eigenvalue weighted by atomic mass is 9.89. The van der Waals surface area contributed by atoms with Gasteiger partial charge in [-0.15, -0.1) is 11.3 Å². The van der Waals surface area contributed by atoms with Crippen molar-refractivity contribution in [3.8, 4) is 0 Å². The second-order valence-corrected chi connectivity index (χ2v) is 6.07. The zero-order chi connectivity index (χ0) is 12.5. The molecule has 1 heterocycles. The van der Waals surface area contributed by atoms with Crippen LogP contribution in [0.3, 0.4) is 0 Å². The summed E-state index contributed by atoms with van der Waals surface area (Å²) in [5.74, 6) is -0.790. The van der Waals surface area contributed by atoms with Gasteiger partial charge in [0.2, 0.25) is 0 Å². The number of aromatic nitrogens is 1. The number of nitrogens with one attached hydrogen (secondary N) is 1. The van der Waals surface area contributed by atoms with E-state index >= 15 is 0 Å². The fourth-order valence-electron chi connectivity index (χ4n) is 1.70. The van der Waals surface area contributed by atoms with Gasteiger partial charge in [-0.25, -0.2) is 0 Å². The monoisotopic (exact) mass is 242 g/mol. The highest BCUT2D eigenvalue weighted by atomic mass is 32.1. The number of hydrogen-bond donors (Lipinski definition) is 2. The largest absolute Gasteiger partial charge is 0.481 e. The highest BCUT2D eigenvalue weighted by Gasteiger charge is 2.23. The van der Waals surface area contributed by atoms with Gasteiger partial charge in [0.15, 0.2) is 4.80 Å². The van der Waals surface area contributed by atoms with Crippen molar-refractivity contribution in [3.63, 3.8) is 0 Å². The number of carboxylic acid groups (broad SMARTS) is 1. The summed E-state index contributed by atoms with van der Waals surface area (Å²) in [7, 11) is 0. The van der Waals surface area contributed by atoms with E-state index < -0.39 is 5.97 Å². The first-order valence-electron chi connectivity index (χ1n) is 5.16. The summed E-state index contributed by atoms with van der Waals surface area (Å²) in [6.07, 6.45) is 0.119. The maximum atomic E-state index is 10.7. The van der Waals surface area contributed by atoms with Crippen LogP contribution in [0.15, 0.2) is 0 Å². The number of carbonyl (C=O) groups is 1. The molecule has 5 heteroatoms. The second-order valence-electron chi connectivity index (χ2n) is 4.87. The first-order chi connectivity index (χ1) is 7.23. The predicted molar refractivity (Wildman–Crippen MR) is 63.7 cm³/mol. The minimum Gasteiger partial charge on any atom is -0.481 e. The topological polar surface area (TPSA) is 66.1 Å². The van der Waals surface area contributed by atoms with Crippen molar-refractivity contribution in [1.29, 1.82) is 5.41 Å². The summed E-state index contributed by atoms with van der Waals surface area (Å²) in [4.78, 5) is 12.3. The van der Waals surface area contributed by atoms with Crippen LogP contribution in [0.25, 0.3) is 0 Å². The molecule has 0 amide bonds. The number of aliphatic carboxylic acids is 1. The fourth-order valence-corrected chi connectivity index (χ4v) is 2.56. The van der Waals surface area contributed by atoms with Crippen LogP contribution in [-0.2, 0) is 11.3 Å². The molecule has 0 saturated heterocycles. The van der Waals surface area contributed by atoms with E-state index in [1.807, 2.05) is 32.3 Å². The molecule has 0 bridgehead atoms. The van der Waals surface area contributed by atoms with Gasteiger partial charge in [-0.2, -0.15) is 0 Å². The van der Waals surface area contributed by atoms with Crippen molar-refractivity contribution >= 4 is 17.3 Å². The molecule has 0 aliphatic rings. The molecule has 1 aromatic rings. The van der Waals surface area contributed by atoms with Crippen LogP contribution in [0, 0.1) is 24.7 Å². The van der Waals surface area contributed by atoms with Crippen molar-refractivity contribution in [2.75, 3.05) is 0 Å². The molecule has 0 fully saturated rings. The van der Waals surface area contributed by atoms with Gasteiger partial charge in [-0.3, -0.25) is 10.2 Å². The molecule has 2 N–H and O–H groups in total. The van der Waals surface area contributed by atoms with Crippen LogP contribution < -0.4 is 4.80 Å². The van der Waals surface area contributed by atoms with Crippen LogP contribution in [-0.4, -0.2) is 15.6 Å². The van der Waals surface area contributed by atoms with Crippen molar-refractivity contribution in [2.45, 2.75) is 40.7 Å². The molecule has 90 valence electrons. The molecule has 0 spiro atoms. The molecule has 1 rings (SSSR count). The van der Waals surface area contributed by atoms with Gasteiger partial charge < -0.3 is 9.67 Å². The zero-order valence-corrected chi connectivity index (χ0v) is 10.9. The summed E-state index contributed by atoms with van der Waals surface area (Å²) in [5.41, 5.74) is 0.735. The zero-order valence-electron chi connectivity index (χ0n) is 10.1. The molecule has 0 saturated carbocycles. The summed E-state index contributed by atoms with van der Waals surface area (Å²) >= 11 is 1.44. The Labute approximate surface area is 99.1 Å². The molecule has 0 aliphatic carbocycles. The van der Waals surface area contributed by atoms with E-state index in [1.54, 1.807) is 0 Å². The average Bonchev–Trinajstić information content (AvgIpc) is 2.29. The van der Waals surface area contributed by atoms with E-state index in [0.717, 1.165) is 10.6 Å². The lowest BCUT2D eigenvalue weighted by Gasteiger charge is -2.23. The number of rotatable bonds is 4. The fraction of sp³-hybridized carbons (Fsp3) is 0.636. The maximum Gasteiger partial charge on any atom is 0.303 e. The van der Waals surface area contributed by atoms with Crippen LogP contribution in [0.2, 0.25) is 0 Å². The molecule has 4 nitrogen and oxygen atoms in total. The Balaban J connectivity index is 2.96. The molecular weight excluding hydrogens is 224 g/mol. The Morgan fingerprint density at radius 2 is 2.06 bits per heavy atom. The maximum absolute atomic E-state index is 10.7. The molecule has 0 aromatic carbocycles. The highest BCUT2D eigenvalue weighted by Crippen LogP contribution is 2.24. The third-order valence-corrected chi connectivity index (χ3v) is 3.64.